The van der Waals surface area contributed by atoms with Crippen molar-refractivity contribution in [2.45, 2.75) is 13.8 Å². The molecule has 0 aliphatic rings. The standard InChI is InChI=1S/C20H18ClN3O3/c1-3-27-20(26)15-7-4-5-9-18(15)23-12-14(11-22)19(25)24-17-10-6-8-16(21)13(17)2/h4-10,12,23H,3H2,1-2H3,(H,24,25)/b14-12-. The van der Waals surface area contributed by atoms with Gasteiger partial charge in [-0.05, 0) is 43.7 Å². The second-order valence-electron chi connectivity index (χ2n) is 5.45. The first-order chi connectivity index (χ1) is 13.0. The van der Waals surface area contributed by atoms with Crippen molar-refractivity contribution in [1.82, 2.24) is 0 Å². The van der Waals surface area contributed by atoms with Crippen LogP contribution < -0.4 is 10.6 Å². The normalized spacial score (nSPS) is 10.7. The molecule has 27 heavy (non-hydrogen) atoms. The van der Waals surface area contributed by atoms with Crippen LogP contribution in [0.15, 0.2) is 54.2 Å². The van der Waals surface area contributed by atoms with Crippen molar-refractivity contribution < 1.29 is 14.3 Å². The van der Waals surface area contributed by atoms with Crippen LogP contribution in [0.2, 0.25) is 5.02 Å². The van der Waals surface area contributed by atoms with Crippen LogP contribution in [-0.4, -0.2) is 18.5 Å². The number of esters is 1. The molecular weight excluding hydrogens is 366 g/mol. The van der Waals surface area contributed by atoms with Gasteiger partial charge in [-0.2, -0.15) is 5.26 Å². The predicted octanol–water partition coefficient (Wildman–Crippen LogP) is 4.28. The summed E-state index contributed by atoms with van der Waals surface area (Å²) in [5.41, 5.74) is 1.79. The molecule has 2 N–H and O–H groups in total. The SMILES string of the molecule is CCOC(=O)c1ccccc1N/C=C(/C#N)C(=O)Nc1cccc(Cl)c1C. The summed E-state index contributed by atoms with van der Waals surface area (Å²) >= 11 is 6.04. The summed E-state index contributed by atoms with van der Waals surface area (Å²) in [6.07, 6.45) is 1.24. The minimum atomic E-state index is -0.594. The van der Waals surface area contributed by atoms with E-state index in [1.54, 1.807) is 56.3 Å². The number of nitrogens with one attached hydrogen (secondary N) is 2. The van der Waals surface area contributed by atoms with Gasteiger partial charge in [0.2, 0.25) is 0 Å². The molecule has 0 atom stereocenters. The van der Waals surface area contributed by atoms with Crippen molar-refractivity contribution in [3.8, 4) is 6.07 Å². The number of amides is 1. The van der Waals surface area contributed by atoms with E-state index in [2.05, 4.69) is 10.6 Å². The zero-order valence-corrected chi connectivity index (χ0v) is 15.6. The third-order valence-electron chi connectivity index (χ3n) is 3.68. The molecule has 2 aromatic carbocycles. The number of carbonyl (C=O) groups excluding carboxylic acids is 2. The predicted molar refractivity (Wildman–Crippen MR) is 105 cm³/mol. The van der Waals surface area contributed by atoms with Gasteiger partial charge in [0.25, 0.3) is 5.91 Å². The summed E-state index contributed by atoms with van der Waals surface area (Å²) in [5, 5.41) is 15.3. The summed E-state index contributed by atoms with van der Waals surface area (Å²) in [6, 6.07) is 13.6. The summed E-state index contributed by atoms with van der Waals surface area (Å²) in [7, 11) is 0. The molecular formula is C20H18ClN3O3. The quantitative estimate of drug-likeness (QED) is 0.441. The van der Waals surface area contributed by atoms with E-state index in [0.29, 0.717) is 27.5 Å². The van der Waals surface area contributed by atoms with Crippen LogP contribution in [0.3, 0.4) is 0 Å². The van der Waals surface area contributed by atoms with Crippen molar-refractivity contribution in [2.24, 2.45) is 0 Å². The lowest BCUT2D eigenvalue weighted by molar-refractivity contribution is -0.112. The molecule has 0 aliphatic heterocycles. The Morgan fingerprint density at radius 2 is 1.89 bits per heavy atom. The molecule has 1 amide bonds. The van der Waals surface area contributed by atoms with Gasteiger partial charge in [0, 0.05) is 16.9 Å². The number of nitriles is 1. The number of hydrogen-bond donors (Lipinski definition) is 2. The summed E-state index contributed by atoms with van der Waals surface area (Å²) in [6.45, 7) is 3.72. The number of rotatable bonds is 6. The van der Waals surface area contributed by atoms with Crippen LogP contribution in [0, 0.1) is 18.3 Å². The monoisotopic (exact) mass is 383 g/mol. The fourth-order valence-corrected chi connectivity index (χ4v) is 2.40. The van der Waals surface area contributed by atoms with Crippen LogP contribution in [0.4, 0.5) is 11.4 Å². The molecule has 6 nitrogen and oxygen atoms in total. The van der Waals surface area contributed by atoms with Crippen LogP contribution in [-0.2, 0) is 9.53 Å². The highest BCUT2D eigenvalue weighted by molar-refractivity contribution is 6.31. The Kier molecular flexibility index (Phi) is 6.98. The molecule has 0 saturated heterocycles. The molecule has 0 radical (unpaired) electrons. The fraction of sp³-hybridized carbons (Fsp3) is 0.150. The Morgan fingerprint density at radius 1 is 1.19 bits per heavy atom. The number of nitrogens with zero attached hydrogens (tertiary/aromatic N) is 1. The first-order valence-corrected chi connectivity index (χ1v) is 8.55. The minimum Gasteiger partial charge on any atom is -0.462 e. The number of anilines is 2. The zero-order chi connectivity index (χ0) is 19.8. The Labute approximate surface area is 162 Å². The fourth-order valence-electron chi connectivity index (χ4n) is 2.23. The van der Waals surface area contributed by atoms with E-state index in [0.717, 1.165) is 0 Å². The highest BCUT2D eigenvalue weighted by Crippen LogP contribution is 2.23. The van der Waals surface area contributed by atoms with Crippen molar-refractivity contribution in [3.05, 3.63) is 70.4 Å². The Bertz CT molecular complexity index is 932. The van der Waals surface area contributed by atoms with Crippen molar-refractivity contribution in [3.63, 3.8) is 0 Å². The Morgan fingerprint density at radius 3 is 2.59 bits per heavy atom. The smallest absolute Gasteiger partial charge is 0.340 e. The van der Waals surface area contributed by atoms with Gasteiger partial charge >= 0.3 is 5.97 Å². The van der Waals surface area contributed by atoms with Crippen LogP contribution in [0.1, 0.15) is 22.8 Å². The number of halogens is 1. The first-order valence-electron chi connectivity index (χ1n) is 8.17. The maximum absolute atomic E-state index is 12.4. The molecule has 0 aliphatic carbocycles. The van der Waals surface area contributed by atoms with Gasteiger partial charge < -0.3 is 15.4 Å². The molecule has 0 saturated carbocycles. The molecule has 0 unspecified atom stereocenters. The third-order valence-corrected chi connectivity index (χ3v) is 4.08. The first kappa shape index (κ1) is 20.0. The van der Waals surface area contributed by atoms with Gasteiger partial charge in [-0.1, -0.05) is 29.8 Å². The number of ether oxygens (including phenoxy) is 1. The van der Waals surface area contributed by atoms with Gasteiger partial charge in [-0.3, -0.25) is 4.79 Å². The van der Waals surface area contributed by atoms with E-state index in [1.165, 1.54) is 6.20 Å². The molecule has 2 rings (SSSR count). The minimum absolute atomic E-state index is 0.159. The topological polar surface area (TPSA) is 91.2 Å². The molecule has 7 heteroatoms. The van der Waals surface area contributed by atoms with Crippen molar-refractivity contribution in [1.29, 1.82) is 5.26 Å². The van der Waals surface area contributed by atoms with Gasteiger partial charge in [-0.25, -0.2) is 4.79 Å². The van der Waals surface area contributed by atoms with Crippen LogP contribution in [0.25, 0.3) is 0 Å². The van der Waals surface area contributed by atoms with Crippen LogP contribution >= 0.6 is 11.6 Å². The summed E-state index contributed by atoms with van der Waals surface area (Å²) < 4.78 is 5.00. The highest BCUT2D eigenvalue weighted by atomic mass is 35.5. The van der Waals surface area contributed by atoms with Crippen molar-refractivity contribution in [2.75, 3.05) is 17.2 Å². The molecule has 0 heterocycles. The van der Waals surface area contributed by atoms with E-state index >= 15 is 0 Å². The molecule has 2 aromatic rings. The second kappa shape index (κ2) is 9.41. The van der Waals surface area contributed by atoms with E-state index in [1.807, 2.05) is 6.07 Å². The lowest BCUT2D eigenvalue weighted by Crippen LogP contribution is -2.15. The average molecular weight is 384 g/mol. The Balaban J connectivity index is 2.20. The lowest BCUT2D eigenvalue weighted by atomic mass is 10.1. The molecule has 0 bridgehead atoms. The highest BCUT2D eigenvalue weighted by Gasteiger charge is 2.14. The van der Waals surface area contributed by atoms with Crippen molar-refractivity contribution >= 4 is 34.9 Å². The third kappa shape index (κ3) is 5.09. The lowest BCUT2D eigenvalue weighted by Gasteiger charge is -2.10. The van der Waals surface area contributed by atoms with Gasteiger partial charge in [-0.15, -0.1) is 0 Å². The largest absolute Gasteiger partial charge is 0.462 e. The van der Waals surface area contributed by atoms with Gasteiger partial charge in [0.05, 0.1) is 17.9 Å². The van der Waals surface area contributed by atoms with E-state index in [9.17, 15) is 14.9 Å². The molecule has 0 spiro atoms. The summed E-state index contributed by atoms with van der Waals surface area (Å²) in [4.78, 5) is 24.4. The zero-order valence-electron chi connectivity index (χ0n) is 14.9. The Hall–Kier alpha value is -3.30. The molecule has 0 aromatic heterocycles. The van der Waals surface area contributed by atoms with Gasteiger partial charge in [0.15, 0.2) is 0 Å². The maximum Gasteiger partial charge on any atom is 0.340 e. The molecule has 0 fully saturated rings. The van der Waals surface area contributed by atoms with Crippen LogP contribution in [0.5, 0.6) is 0 Å². The maximum atomic E-state index is 12.4. The molecule has 138 valence electrons. The summed E-state index contributed by atoms with van der Waals surface area (Å²) in [5.74, 6) is -1.09. The number of benzene rings is 2. The van der Waals surface area contributed by atoms with Gasteiger partial charge in [0.1, 0.15) is 11.6 Å². The van der Waals surface area contributed by atoms with E-state index in [4.69, 9.17) is 16.3 Å². The number of para-hydroxylation sites is 1. The second-order valence-corrected chi connectivity index (χ2v) is 5.85. The van der Waals surface area contributed by atoms with E-state index in [-0.39, 0.29) is 12.2 Å². The number of carbonyl (C=O) groups is 2. The average Bonchev–Trinajstić information content (AvgIpc) is 2.66. The van der Waals surface area contributed by atoms with E-state index < -0.39 is 11.9 Å². The number of hydrogen-bond acceptors (Lipinski definition) is 5.